The molecule has 0 aliphatic carbocycles. The van der Waals surface area contributed by atoms with Crippen LogP contribution in [0.1, 0.15) is 12.6 Å². The fourth-order valence-corrected chi connectivity index (χ4v) is 2.33. The van der Waals surface area contributed by atoms with Gasteiger partial charge in [-0.15, -0.1) is 0 Å². The average Bonchev–Trinajstić information content (AvgIpc) is 2.93. The van der Waals surface area contributed by atoms with Gasteiger partial charge in [0.2, 0.25) is 0 Å². The minimum atomic E-state index is 0.748. The van der Waals surface area contributed by atoms with E-state index >= 15 is 0 Å². The van der Waals surface area contributed by atoms with Gasteiger partial charge < -0.3 is 15.3 Å². The van der Waals surface area contributed by atoms with Gasteiger partial charge in [0.25, 0.3) is 0 Å². The van der Waals surface area contributed by atoms with Crippen LogP contribution >= 0.6 is 0 Å². The van der Waals surface area contributed by atoms with E-state index in [0.717, 1.165) is 34.8 Å². The normalized spacial score (nSPS) is 11.2. The highest BCUT2D eigenvalue weighted by Gasteiger charge is 2.15. The van der Waals surface area contributed by atoms with E-state index in [1.165, 1.54) is 5.39 Å². The molecule has 0 aliphatic heterocycles. The lowest BCUT2D eigenvalue weighted by atomic mass is 10.1. The van der Waals surface area contributed by atoms with Gasteiger partial charge >= 0.3 is 0 Å². The van der Waals surface area contributed by atoms with Crippen molar-refractivity contribution in [3.63, 3.8) is 0 Å². The van der Waals surface area contributed by atoms with Gasteiger partial charge in [-0.3, -0.25) is 0 Å². The first-order valence-electron chi connectivity index (χ1n) is 6.10. The molecule has 0 radical (unpaired) electrons. The second-order valence-corrected chi connectivity index (χ2v) is 4.43. The number of imidazole rings is 1. The van der Waals surface area contributed by atoms with E-state index in [4.69, 9.17) is 5.73 Å². The number of H-pyrrole nitrogens is 1. The molecular weight excluding hydrogens is 224 g/mol. The zero-order valence-electron chi connectivity index (χ0n) is 10.6. The fourth-order valence-electron chi connectivity index (χ4n) is 2.33. The van der Waals surface area contributed by atoms with E-state index < -0.39 is 0 Å². The predicted molar refractivity (Wildman–Crippen MR) is 74.3 cm³/mol. The highest BCUT2D eigenvalue weighted by Crippen LogP contribution is 2.29. The van der Waals surface area contributed by atoms with Gasteiger partial charge in [-0.1, -0.05) is 25.1 Å². The maximum atomic E-state index is 6.05. The Hall–Kier alpha value is -2.23. The van der Waals surface area contributed by atoms with Gasteiger partial charge in [0.05, 0.1) is 5.69 Å². The van der Waals surface area contributed by atoms with Crippen LogP contribution in [0.25, 0.3) is 22.3 Å². The topological polar surface area (TPSA) is 59.6 Å². The Kier molecular flexibility index (Phi) is 2.37. The van der Waals surface area contributed by atoms with Crippen molar-refractivity contribution in [2.24, 2.45) is 7.05 Å². The fraction of sp³-hybridized carbons (Fsp3) is 0.214. The van der Waals surface area contributed by atoms with Gasteiger partial charge in [0, 0.05) is 29.7 Å². The SMILES string of the molecule is CCc1nc(-c2c[nH]c3ccccc23)n(C)c1N. The molecule has 0 fully saturated rings. The van der Waals surface area contributed by atoms with Crippen molar-refractivity contribution in [1.82, 2.24) is 14.5 Å². The van der Waals surface area contributed by atoms with Crippen LogP contribution < -0.4 is 5.73 Å². The van der Waals surface area contributed by atoms with Gasteiger partial charge in [0.15, 0.2) is 0 Å². The third kappa shape index (κ3) is 1.42. The van der Waals surface area contributed by atoms with Crippen LogP contribution in [0.3, 0.4) is 0 Å². The standard InChI is InChI=1S/C14H16N4/c1-3-11-13(15)18(2)14(17-11)10-8-16-12-7-5-4-6-9(10)12/h4-8,16H,3,15H2,1-2H3. The summed E-state index contributed by atoms with van der Waals surface area (Å²) in [6, 6.07) is 8.21. The number of rotatable bonds is 2. The molecule has 0 saturated carbocycles. The van der Waals surface area contributed by atoms with E-state index in [2.05, 4.69) is 29.0 Å². The monoisotopic (exact) mass is 240 g/mol. The lowest BCUT2D eigenvalue weighted by Gasteiger charge is -2.01. The minimum absolute atomic E-state index is 0.748. The highest BCUT2D eigenvalue weighted by molar-refractivity contribution is 5.94. The lowest BCUT2D eigenvalue weighted by Crippen LogP contribution is -1.99. The van der Waals surface area contributed by atoms with Crippen molar-refractivity contribution in [3.8, 4) is 11.4 Å². The summed E-state index contributed by atoms with van der Waals surface area (Å²) in [6.07, 6.45) is 2.84. The van der Waals surface area contributed by atoms with Crippen molar-refractivity contribution in [2.75, 3.05) is 5.73 Å². The molecule has 0 atom stereocenters. The molecule has 0 aliphatic rings. The van der Waals surface area contributed by atoms with Gasteiger partial charge in [-0.25, -0.2) is 4.98 Å². The Morgan fingerprint density at radius 1 is 1.33 bits per heavy atom. The molecule has 0 spiro atoms. The summed E-state index contributed by atoms with van der Waals surface area (Å²) >= 11 is 0. The van der Waals surface area contributed by atoms with Gasteiger partial charge in [-0.05, 0) is 12.5 Å². The van der Waals surface area contributed by atoms with Crippen LogP contribution in [-0.4, -0.2) is 14.5 Å². The molecular formula is C14H16N4. The second-order valence-electron chi connectivity index (χ2n) is 4.43. The molecule has 1 aromatic carbocycles. The minimum Gasteiger partial charge on any atom is -0.384 e. The number of nitrogens with zero attached hydrogens (tertiary/aromatic N) is 2. The maximum absolute atomic E-state index is 6.05. The van der Waals surface area contributed by atoms with E-state index in [-0.39, 0.29) is 0 Å². The van der Waals surface area contributed by atoms with E-state index in [1.54, 1.807) is 0 Å². The third-order valence-electron chi connectivity index (χ3n) is 3.38. The summed E-state index contributed by atoms with van der Waals surface area (Å²) < 4.78 is 1.95. The van der Waals surface area contributed by atoms with Crippen LogP contribution in [-0.2, 0) is 13.5 Å². The highest BCUT2D eigenvalue weighted by atomic mass is 15.1. The number of aromatic nitrogens is 3. The first-order valence-corrected chi connectivity index (χ1v) is 6.10. The largest absolute Gasteiger partial charge is 0.384 e. The number of aromatic amines is 1. The first kappa shape index (κ1) is 10.9. The molecule has 0 saturated heterocycles. The number of para-hydroxylation sites is 1. The van der Waals surface area contributed by atoms with Crippen LogP contribution in [0.5, 0.6) is 0 Å². The molecule has 3 rings (SSSR count). The molecule has 4 heteroatoms. The molecule has 0 amide bonds. The summed E-state index contributed by atoms with van der Waals surface area (Å²) in [7, 11) is 1.96. The number of fused-ring (bicyclic) bond motifs is 1. The number of nitrogen functional groups attached to an aromatic ring is 1. The number of nitrogens with one attached hydrogen (secondary N) is 1. The average molecular weight is 240 g/mol. The van der Waals surface area contributed by atoms with Gasteiger partial charge in [0.1, 0.15) is 11.6 Å². The zero-order chi connectivity index (χ0) is 12.7. The van der Waals surface area contributed by atoms with Crippen molar-refractivity contribution in [3.05, 3.63) is 36.2 Å². The molecule has 0 unspecified atom stereocenters. The summed E-state index contributed by atoms with van der Waals surface area (Å²) in [5, 5.41) is 1.17. The van der Waals surface area contributed by atoms with Crippen molar-refractivity contribution >= 4 is 16.7 Å². The molecule has 4 nitrogen and oxygen atoms in total. The van der Waals surface area contributed by atoms with Crippen LogP contribution in [0.15, 0.2) is 30.5 Å². The third-order valence-corrected chi connectivity index (χ3v) is 3.38. The molecule has 0 bridgehead atoms. The predicted octanol–water partition coefficient (Wildman–Crippen LogP) is 2.71. The van der Waals surface area contributed by atoms with E-state index in [0.29, 0.717) is 0 Å². The van der Waals surface area contributed by atoms with Crippen molar-refractivity contribution in [1.29, 1.82) is 0 Å². The Morgan fingerprint density at radius 2 is 2.11 bits per heavy atom. The van der Waals surface area contributed by atoms with Crippen molar-refractivity contribution < 1.29 is 0 Å². The number of nitrogens with two attached hydrogens (primary N) is 1. The maximum Gasteiger partial charge on any atom is 0.143 e. The Morgan fingerprint density at radius 3 is 2.83 bits per heavy atom. The number of benzene rings is 1. The molecule has 2 heterocycles. The van der Waals surface area contributed by atoms with Crippen molar-refractivity contribution in [2.45, 2.75) is 13.3 Å². The van der Waals surface area contributed by atoms with Crippen LogP contribution in [0.2, 0.25) is 0 Å². The lowest BCUT2D eigenvalue weighted by molar-refractivity contribution is 0.937. The Balaban J connectivity index is 2.26. The summed E-state index contributed by atoms with van der Waals surface area (Å²) in [6.45, 7) is 2.07. The number of hydrogen-bond donors (Lipinski definition) is 2. The number of anilines is 1. The van der Waals surface area contributed by atoms with Gasteiger partial charge in [-0.2, -0.15) is 0 Å². The Bertz CT molecular complexity index is 706. The number of hydrogen-bond acceptors (Lipinski definition) is 2. The quantitative estimate of drug-likeness (QED) is 0.723. The molecule has 18 heavy (non-hydrogen) atoms. The number of aryl methyl sites for hydroxylation is 1. The molecule has 3 N–H and O–H groups in total. The smallest absolute Gasteiger partial charge is 0.143 e. The Labute approximate surface area is 105 Å². The van der Waals surface area contributed by atoms with E-state index in [9.17, 15) is 0 Å². The summed E-state index contributed by atoms with van der Waals surface area (Å²) in [4.78, 5) is 7.90. The summed E-state index contributed by atoms with van der Waals surface area (Å²) in [5.74, 6) is 1.67. The first-order chi connectivity index (χ1) is 8.72. The zero-order valence-corrected chi connectivity index (χ0v) is 10.6. The van der Waals surface area contributed by atoms with Crippen LogP contribution in [0.4, 0.5) is 5.82 Å². The second kappa shape index (κ2) is 3.91. The molecule has 92 valence electrons. The molecule has 3 aromatic rings. The van der Waals surface area contributed by atoms with E-state index in [1.807, 2.05) is 29.9 Å². The summed E-state index contributed by atoms with van der Waals surface area (Å²) in [5.41, 5.74) is 9.23. The van der Waals surface area contributed by atoms with Crippen LogP contribution in [0, 0.1) is 0 Å². The molecule has 2 aromatic heterocycles.